The molecule has 6 heteroatoms. The van der Waals surface area contributed by atoms with Gasteiger partial charge in [-0.3, -0.25) is 0 Å². The van der Waals surface area contributed by atoms with Crippen LogP contribution in [0.2, 0.25) is 15.2 Å². The van der Waals surface area contributed by atoms with E-state index in [9.17, 15) is 0 Å². The number of halogens is 3. The van der Waals surface area contributed by atoms with Crippen molar-refractivity contribution in [1.29, 1.82) is 0 Å². The normalized spacial score (nSPS) is 10.4. The van der Waals surface area contributed by atoms with E-state index >= 15 is 0 Å². The van der Waals surface area contributed by atoms with Crippen LogP contribution in [0.1, 0.15) is 12.8 Å². The Morgan fingerprint density at radius 2 is 1.93 bits per heavy atom. The number of hydrogen-bond donors (Lipinski definition) is 2. The van der Waals surface area contributed by atoms with Crippen LogP contribution in [0.25, 0.3) is 0 Å². The topological polar surface area (TPSA) is 45.1 Å². The summed E-state index contributed by atoms with van der Waals surface area (Å²) in [5.74, 6) is 0.518. The monoisotopic (exact) mass is 268 g/mol. The number of unbranched alkanes of at least 4 members (excludes halogenated alkanes) is 1. The van der Waals surface area contributed by atoms with Crippen LogP contribution >= 0.6 is 34.8 Å². The number of aliphatic hydroxyl groups is 1. The van der Waals surface area contributed by atoms with Gasteiger partial charge >= 0.3 is 0 Å². The summed E-state index contributed by atoms with van der Waals surface area (Å²) in [6.07, 6.45) is 1.58. The van der Waals surface area contributed by atoms with Crippen molar-refractivity contribution in [3.05, 3.63) is 21.3 Å². The number of nitrogens with one attached hydrogen (secondary N) is 1. The Hall–Kier alpha value is -0.220. The second-order valence-electron chi connectivity index (χ2n) is 2.95. The van der Waals surface area contributed by atoms with Crippen molar-refractivity contribution in [2.75, 3.05) is 18.5 Å². The molecule has 0 saturated heterocycles. The highest BCUT2D eigenvalue weighted by molar-refractivity contribution is 6.42. The third-order valence-electron chi connectivity index (χ3n) is 1.76. The summed E-state index contributed by atoms with van der Waals surface area (Å²) in [6, 6.07) is 1.55. The fourth-order valence-electron chi connectivity index (χ4n) is 1.01. The van der Waals surface area contributed by atoms with Crippen molar-refractivity contribution < 1.29 is 5.11 Å². The van der Waals surface area contributed by atoms with E-state index in [1.807, 2.05) is 0 Å². The van der Waals surface area contributed by atoms with Crippen LogP contribution in [-0.2, 0) is 0 Å². The summed E-state index contributed by atoms with van der Waals surface area (Å²) in [5.41, 5.74) is 0. The summed E-state index contributed by atoms with van der Waals surface area (Å²) >= 11 is 17.4. The minimum atomic E-state index is 0.185. The molecule has 1 aromatic rings. The van der Waals surface area contributed by atoms with E-state index in [1.165, 1.54) is 0 Å². The first kappa shape index (κ1) is 12.8. The molecule has 0 spiro atoms. The van der Waals surface area contributed by atoms with E-state index in [2.05, 4.69) is 10.3 Å². The van der Waals surface area contributed by atoms with Gasteiger partial charge in [-0.25, -0.2) is 4.98 Å². The first-order chi connectivity index (χ1) is 7.15. The Labute approximate surface area is 103 Å². The van der Waals surface area contributed by atoms with E-state index in [0.717, 1.165) is 12.8 Å². The van der Waals surface area contributed by atoms with Crippen LogP contribution in [0, 0.1) is 0 Å². The average Bonchev–Trinajstić information content (AvgIpc) is 2.20. The number of aliphatic hydroxyl groups excluding tert-OH is 1. The molecule has 1 rings (SSSR count). The molecule has 0 amide bonds. The van der Waals surface area contributed by atoms with Crippen LogP contribution < -0.4 is 5.32 Å². The highest BCUT2D eigenvalue weighted by Crippen LogP contribution is 2.28. The van der Waals surface area contributed by atoms with Crippen molar-refractivity contribution in [3.8, 4) is 0 Å². The molecule has 0 aromatic carbocycles. The molecule has 0 fully saturated rings. The number of rotatable bonds is 5. The SMILES string of the molecule is OCCCCNc1nc(Cl)c(Cl)cc1Cl. The Kier molecular flexibility index (Phi) is 5.47. The summed E-state index contributed by atoms with van der Waals surface area (Å²) in [6.45, 7) is 0.870. The summed E-state index contributed by atoms with van der Waals surface area (Å²) in [5, 5.41) is 12.6. The predicted molar refractivity (Wildman–Crippen MR) is 64.1 cm³/mol. The molecule has 0 aliphatic heterocycles. The number of aromatic nitrogens is 1. The van der Waals surface area contributed by atoms with Gasteiger partial charge in [-0.05, 0) is 18.9 Å². The third kappa shape index (κ3) is 4.03. The van der Waals surface area contributed by atoms with Gasteiger partial charge in [0.25, 0.3) is 0 Å². The smallest absolute Gasteiger partial charge is 0.150 e. The second-order valence-corrected chi connectivity index (χ2v) is 4.12. The molecule has 84 valence electrons. The minimum absolute atomic E-state index is 0.185. The van der Waals surface area contributed by atoms with Gasteiger partial charge in [0.1, 0.15) is 11.0 Å². The fraction of sp³-hybridized carbons (Fsp3) is 0.444. The first-order valence-corrected chi connectivity index (χ1v) is 5.65. The van der Waals surface area contributed by atoms with Crippen molar-refractivity contribution in [2.45, 2.75) is 12.8 Å². The lowest BCUT2D eigenvalue weighted by Gasteiger charge is -2.07. The van der Waals surface area contributed by atoms with E-state index in [4.69, 9.17) is 39.9 Å². The number of pyridine rings is 1. The second kappa shape index (κ2) is 6.38. The Morgan fingerprint density at radius 3 is 2.60 bits per heavy atom. The molecule has 0 saturated carbocycles. The summed E-state index contributed by atoms with van der Waals surface area (Å²) in [4.78, 5) is 4.00. The zero-order chi connectivity index (χ0) is 11.3. The van der Waals surface area contributed by atoms with Crippen molar-refractivity contribution in [3.63, 3.8) is 0 Å². The first-order valence-electron chi connectivity index (χ1n) is 4.51. The fourth-order valence-corrected chi connectivity index (χ4v) is 1.58. The molecule has 1 heterocycles. The van der Waals surface area contributed by atoms with Crippen molar-refractivity contribution in [2.24, 2.45) is 0 Å². The van der Waals surface area contributed by atoms with Crippen LogP contribution in [0.3, 0.4) is 0 Å². The molecular formula is C9H11Cl3N2O. The standard InChI is InChI=1S/C9H11Cl3N2O/c10-6-5-7(11)9(14-8(6)12)13-3-1-2-4-15/h5,15H,1-4H2,(H,13,14). The maximum Gasteiger partial charge on any atom is 0.150 e. The molecule has 15 heavy (non-hydrogen) atoms. The number of anilines is 1. The van der Waals surface area contributed by atoms with Gasteiger partial charge in [0.15, 0.2) is 0 Å². The van der Waals surface area contributed by atoms with E-state index in [1.54, 1.807) is 6.07 Å². The lowest BCUT2D eigenvalue weighted by atomic mass is 10.3. The zero-order valence-electron chi connectivity index (χ0n) is 7.93. The maximum absolute atomic E-state index is 8.59. The lowest BCUT2D eigenvalue weighted by Crippen LogP contribution is -2.04. The highest BCUT2D eigenvalue weighted by Gasteiger charge is 2.06. The van der Waals surface area contributed by atoms with E-state index in [-0.39, 0.29) is 11.8 Å². The number of nitrogens with zero attached hydrogens (tertiary/aromatic N) is 1. The lowest BCUT2D eigenvalue weighted by molar-refractivity contribution is 0.286. The molecule has 0 unspecified atom stereocenters. The zero-order valence-corrected chi connectivity index (χ0v) is 10.2. The molecule has 0 atom stereocenters. The van der Waals surface area contributed by atoms with Crippen LogP contribution in [0.15, 0.2) is 6.07 Å². The average molecular weight is 270 g/mol. The van der Waals surface area contributed by atoms with Crippen molar-refractivity contribution >= 4 is 40.6 Å². The summed E-state index contributed by atoms with van der Waals surface area (Å²) < 4.78 is 0. The molecule has 3 nitrogen and oxygen atoms in total. The quantitative estimate of drug-likeness (QED) is 0.637. The van der Waals surface area contributed by atoms with Gasteiger partial charge in [0.05, 0.1) is 10.0 Å². The molecule has 2 N–H and O–H groups in total. The van der Waals surface area contributed by atoms with Crippen molar-refractivity contribution in [1.82, 2.24) is 4.98 Å². The van der Waals surface area contributed by atoms with Gasteiger partial charge in [0.2, 0.25) is 0 Å². The highest BCUT2D eigenvalue weighted by atomic mass is 35.5. The minimum Gasteiger partial charge on any atom is -0.396 e. The third-order valence-corrected chi connectivity index (χ3v) is 2.73. The molecule has 0 aliphatic rings. The van der Waals surface area contributed by atoms with Gasteiger partial charge in [-0.1, -0.05) is 34.8 Å². The van der Waals surface area contributed by atoms with Crippen LogP contribution in [-0.4, -0.2) is 23.2 Å². The predicted octanol–water partition coefficient (Wildman–Crippen LogP) is 3.23. The summed E-state index contributed by atoms with van der Waals surface area (Å²) in [7, 11) is 0. The Morgan fingerprint density at radius 1 is 1.20 bits per heavy atom. The molecule has 1 aromatic heterocycles. The van der Waals surface area contributed by atoms with Gasteiger partial charge < -0.3 is 10.4 Å². The van der Waals surface area contributed by atoms with Crippen LogP contribution in [0.4, 0.5) is 5.82 Å². The Bertz CT molecular complexity index is 333. The Balaban J connectivity index is 2.57. The molecular weight excluding hydrogens is 258 g/mol. The largest absolute Gasteiger partial charge is 0.396 e. The van der Waals surface area contributed by atoms with Gasteiger partial charge in [-0.15, -0.1) is 0 Å². The maximum atomic E-state index is 8.59. The number of hydrogen-bond acceptors (Lipinski definition) is 3. The van der Waals surface area contributed by atoms with E-state index in [0.29, 0.717) is 22.4 Å². The molecule has 0 bridgehead atoms. The molecule has 0 aliphatic carbocycles. The van der Waals surface area contributed by atoms with Gasteiger partial charge in [0, 0.05) is 13.2 Å². The van der Waals surface area contributed by atoms with Crippen LogP contribution in [0.5, 0.6) is 0 Å². The van der Waals surface area contributed by atoms with E-state index < -0.39 is 0 Å². The van der Waals surface area contributed by atoms with Gasteiger partial charge in [-0.2, -0.15) is 0 Å². The molecule has 0 radical (unpaired) electrons.